The summed E-state index contributed by atoms with van der Waals surface area (Å²) < 4.78 is 1.56. The number of benzene rings is 1. The van der Waals surface area contributed by atoms with Gasteiger partial charge in [-0.3, -0.25) is 24.7 Å². The zero-order valence-corrected chi connectivity index (χ0v) is 17.0. The van der Waals surface area contributed by atoms with Gasteiger partial charge in [-0.25, -0.2) is 0 Å². The summed E-state index contributed by atoms with van der Waals surface area (Å²) in [7, 11) is 1.75. The molecule has 2 aromatic rings. The molecule has 0 spiro atoms. The van der Waals surface area contributed by atoms with Crippen LogP contribution in [-0.2, 0) is 13.1 Å². The molecule has 2 N–H and O–H groups in total. The maximum Gasteiger partial charge on any atom is 0.306 e. The van der Waals surface area contributed by atoms with E-state index in [-0.39, 0.29) is 5.69 Å². The normalized spacial score (nSPS) is 20.4. The minimum Gasteiger partial charge on any atom is -0.355 e. The smallest absolute Gasteiger partial charge is 0.306 e. The van der Waals surface area contributed by atoms with E-state index in [0.717, 1.165) is 31.9 Å². The summed E-state index contributed by atoms with van der Waals surface area (Å²) >= 11 is 0. The van der Waals surface area contributed by atoms with Gasteiger partial charge in [0.05, 0.1) is 11.5 Å². The van der Waals surface area contributed by atoms with Crippen LogP contribution in [0.3, 0.4) is 0 Å². The number of aromatic nitrogens is 2. The second-order valence-electron chi connectivity index (χ2n) is 7.39. The van der Waals surface area contributed by atoms with Crippen molar-refractivity contribution in [1.82, 2.24) is 25.3 Å². The minimum atomic E-state index is -0.442. The zero-order chi connectivity index (χ0) is 20.6. The number of nitro groups is 1. The molecule has 1 fully saturated rings. The summed E-state index contributed by atoms with van der Waals surface area (Å²) in [5.74, 6) is 0.750. The third-order valence-corrected chi connectivity index (χ3v) is 5.27. The molecule has 0 amide bonds. The molecule has 1 aliphatic heterocycles. The number of aliphatic imine (C=N–C) groups is 1. The minimum absolute atomic E-state index is 0.00348. The lowest BCUT2D eigenvalue weighted by atomic mass is 9.97. The predicted octanol–water partition coefficient (Wildman–Crippen LogP) is 2.01. The maximum atomic E-state index is 10.7. The zero-order valence-electron chi connectivity index (χ0n) is 17.0. The molecule has 2 atom stereocenters. The molecule has 1 aromatic heterocycles. The Morgan fingerprint density at radius 3 is 2.83 bits per heavy atom. The molecule has 29 heavy (non-hydrogen) atoms. The van der Waals surface area contributed by atoms with Gasteiger partial charge >= 0.3 is 5.69 Å². The molecular formula is C20H29N7O2. The van der Waals surface area contributed by atoms with E-state index in [4.69, 9.17) is 0 Å². The van der Waals surface area contributed by atoms with Crippen LogP contribution in [0.5, 0.6) is 0 Å². The molecule has 1 aromatic carbocycles. The van der Waals surface area contributed by atoms with Gasteiger partial charge in [0, 0.05) is 38.8 Å². The standard InChI is InChI=1S/C20H29N7O2/c1-16-12-18(8-10-25(16)14-17-6-4-3-5-7-17)24-20(21-2)22-9-11-26-15-19(13-23-26)27(28)29/h3-7,13,15-16,18H,8-12,14H2,1-2H3,(H2,21,22,24). The maximum absolute atomic E-state index is 10.7. The quantitative estimate of drug-likeness (QED) is 0.320. The van der Waals surface area contributed by atoms with Gasteiger partial charge in [0.2, 0.25) is 0 Å². The summed E-state index contributed by atoms with van der Waals surface area (Å²) in [6.45, 7) is 5.42. The monoisotopic (exact) mass is 399 g/mol. The fraction of sp³-hybridized carbons (Fsp3) is 0.500. The summed E-state index contributed by atoms with van der Waals surface area (Å²) in [4.78, 5) is 17.1. The van der Waals surface area contributed by atoms with Crippen molar-refractivity contribution < 1.29 is 4.92 Å². The molecule has 3 rings (SSSR count). The van der Waals surface area contributed by atoms with Crippen LogP contribution in [0.25, 0.3) is 0 Å². The van der Waals surface area contributed by atoms with Crippen LogP contribution in [0.1, 0.15) is 25.3 Å². The van der Waals surface area contributed by atoms with Gasteiger partial charge in [0.1, 0.15) is 12.4 Å². The molecule has 1 saturated heterocycles. The first-order valence-electron chi connectivity index (χ1n) is 9.97. The first kappa shape index (κ1) is 20.8. The Kier molecular flexibility index (Phi) is 7.18. The Morgan fingerprint density at radius 2 is 2.17 bits per heavy atom. The summed E-state index contributed by atoms with van der Waals surface area (Å²) in [5, 5.41) is 21.5. The summed E-state index contributed by atoms with van der Waals surface area (Å²) in [5.41, 5.74) is 1.35. The predicted molar refractivity (Wildman–Crippen MR) is 113 cm³/mol. The highest BCUT2D eigenvalue weighted by Crippen LogP contribution is 2.19. The van der Waals surface area contributed by atoms with Crippen LogP contribution < -0.4 is 10.6 Å². The largest absolute Gasteiger partial charge is 0.355 e. The van der Waals surface area contributed by atoms with Crippen molar-refractivity contribution in [2.45, 2.75) is 44.9 Å². The number of likely N-dealkylation sites (tertiary alicyclic amines) is 1. The molecule has 9 nitrogen and oxygen atoms in total. The number of nitrogens with zero attached hydrogens (tertiary/aromatic N) is 5. The Hall–Kier alpha value is -2.94. The number of piperidine rings is 1. The summed E-state index contributed by atoms with van der Waals surface area (Å²) in [6.07, 6.45) is 4.81. The molecule has 156 valence electrons. The van der Waals surface area contributed by atoms with Gasteiger partial charge in [-0.2, -0.15) is 5.10 Å². The van der Waals surface area contributed by atoms with Crippen molar-refractivity contribution in [3.63, 3.8) is 0 Å². The fourth-order valence-corrected chi connectivity index (χ4v) is 3.65. The number of nitrogens with one attached hydrogen (secondary N) is 2. The van der Waals surface area contributed by atoms with Gasteiger partial charge in [-0.15, -0.1) is 0 Å². The molecule has 0 radical (unpaired) electrons. The van der Waals surface area contributed by atoms with E-state index < -0.39 is 4.92 Å². The topological polar surface area (TPSA) is 101 Å². The van der Waals surface area contributed by atoms with Crippen LogP contribution in [0.15, 0.2) is 47.7 Å². The number of hydrogen-bond acceptors (Lipinski definition) is 5. The van der Waals surface area contributed by atoms with E-state index in [1.165, 1.54) is 18.0 Å². The summed E-state index contributed by atoms with van der Waals surface area (Å²) in [6, 6.07) is 11.4. The fourth-order valence-electron chi connectivity index (χ4n) is 3.65. The first-order valence-corrected chi connectivity index (χ1v) is 9.97. The number of hydrogen-bond donors (Lipinski definition) is 2. The van der Waals surface area contributed by atoms with E-state index in [1.54, 1.807) is 11.7 Å². The lowest BCUT2D eigenvalue weighted by Crippen LogP contribution is -2.51. The van der Waals surface area contributed by atoms with Crippen LogP contribution in [-0.4, -0.2) is 57.8 Å². The highest BCUT2D eigenvalue weighted by Gasteiger charge is 2.25. The Morgan fingerprint density at radius 1 is 1.38 bits per heavy atom. The average molecular weight is 399 g/mol. The molecular weight excluding hydrogens is 370 g/mol. The second-order valence-corrected chi connectivity index (χ2v) is 7.39. The van der Waals surface area contributed by atoms with Crippen molar-refractivity contribution in [2.75, 3.05) is 20.1 Å². The highest BCUT2D eigenvalue weighted by atomic mass is 16.6. The molecule has 0 bridgehead atoms. The molecule has 1 aliphatic rings. The average Bonchev–Trinajstić information content (AvgIpc) is 3.19. The van der Waals surface area contributed by atoms with Crippen LogP contribution in [0.4, 0.5) is 5.69 Å². The first-order chi connectivity index (χ1) is 14.0. The van der Waals surface area contributed by atoms with Gasteiger partial charge < -0.3 is 10.6 Å². The molecule has 9 heteroatoms. The van der Waals surface area contributed by atoms with E-state index in [2.05, 4.69) is 62.9 Å². The van der Waals surface area contributed by atoms with Gasteiger partial charge in [-0.05, 0) is 25.3 Å². The van der Waals surface area contributed by atoms with Crippen molar-refractivity contribution in [2.24, 2.45) is 4.99 Å². The van der Waals surface area contributed by atoms with Gasteiger partial charge in [0.25, 0.3) is 0 Å². The molecule has 2 unspecified atom stereocenters. The number of guanidine groups is 1. The molecule has 0 aliphatic carbocycles. The lowest BCUT2D eigenvalue weighted by molar-refractivity contribution is -0.385. The van der Waals surface area contributed by atoms with Crippen molar-refractivity contribution in [3.05, 3.63) is 58.4 Å². The third kappa shape index (κ3) is 6.02. The molecule has 2 heterocycles. The Balaban J connectivity index is 1.42. The SMILES string of the molecule is CN=C(NCCn1cc([N+](=O)[O-])cn1)NC1CCN(Cc2ccccc2)C(C)C1. The van der Waals surface area contributed by atoms with Crippen molar-refractivity contribution in [3.8, 4) is 0 Å². The molecule has 0 saturated carbocycles. The number of rotatable bonds is 7. The van der Waals surface area contributed by atoms with Gasteiger partial charge in [-0.1, -0.05) is 30.3 Å². The lowest BCUT2D eigenvalue weighted by Gasteiger charge is -2.38. The highest BCUT2D eigenvalue weighted by molar-refractivity contribution is 5.79. The Labute approximate surface area is 171 Å². The van der Waals surface area contributed by atoms with E-state index in [1.807, 2.05) is 0 Å². The third-order valence-electron chi connectivity index (χ3n) is 5.27. The van der Waals surface area contributed by atoms with E-state index in [9.17, 15) is 10.1 Å². The van der Waals surface area contributed by atoms with E-state index >= 15 is 0 Å². The second kappa shape index (κ2) is 10.0. The van der Waals surface area contributed by atoms with Crippen molar-refractivity contribution >= 4 is 11.6 Å². The van der Waals surface area contributed by atoms with Gasteiger partial charge in [0.15, 0.2) is 5.96 Å². The van der Waals surface area contributed by atoms with Crippen LogP contribution >= 0.6 is 0 Å². The van der Waals surface area contributed by atoms with Crippen LogP contribution in [0, 0.1) is 10.1 Å². The van der Waals surface area contributed by atoms with Crippen LogP contribution in [0.2, 0.25) is 0 Å². The van der Waals surface area contributed by atoms with Crippen molar-refractivity contribution in [1.29, 1.82) is 0 Å². The Bertz CT molecular complexity index is 821. The van der Waals surface area contributed by atoms with E-state index in [0.29, 0.717) is 25.2 Å².